The van der Waals surface area contributed by atoms with Gasteiger partial charge in [-0.1, -0.05) is 115 Å². The number of hydrogen-bond donors (Lipinski definition) is 0. The Morgan fingerprint density at radius 1 is 0.488 bits per heavy atom. The van der Waals surface area contributed by atoms with Gasteiger partial charge in [0.15, 0.2) is 0 Å². The molecule has 6 aromatic carbocycles. The number of fused-ring (bicyclic) bond motifs is 6. The number of aromatic nitrogens is 3. The van der Waals surface area contributed by atoms with E-state index in [-0.39, 0.29) is 0 Å². The van der Waals surface area contributed by atoms with Gasteiger partial charge in [-0.25, -0.2) is 4.98 Å². The van der Waals surface area contributed by atoms with Gasteiger partial charge in [0.2, 0.25) is 5.95 Å². The first kappa shape index (κ1) is 24.2. The summed E-state index contributed by atoms with van der Waals surface area (Å²) in [6, 6.07) is 51.2. The Morgan fingerprint density at radius 2 is 1.05 bits per heavy atom. The van der Waals surface area contributed by atoms with Gasteiger partial charge in [0.05, 0.1) is 28.1 Å². The molecule has 0 saturated heterocycles. The van der Waals surface area contributed by atoms with Crippen molar-refractivity contribution in [3.05, 3.63) is 146 Å². The van der Waals surface area contributed by atoms with Crippen LogP contribution in [0.25, 0.3) is 49.7 Å². The number of anilines is 3. The van der Waals surface area contributed by atoms with Crippen LogP contribution in [0, 0.1) is 0 Å². The minimum absolute atomic E-state index is 0.641. The van der Waals surface area contributed by atoms with Crippen LogP contribution in [0.3, 0.4) is 0 Å². The second kappa shape index (κ2) is 9.58. The van der Waals surface area contributed by atoms with Gasteiger partial charge in [0.25, 0.3) is 0 Å². The van der Waals surface area contributed by atoms with E-state index in [0.717, 1.165) is 44.9 Å². The second-order valence-corrected chi connectivity index (χ2v) is 11.8. The minimum atomic E-state index is 0.641. The maximum absolute atomic E-state index is 5.37. The summed E-state index contributed by atoms with van der Waals surface area (Å²) < 4.78 is 2.28. The SMILES string of the molecule is c1ccc2c(c1)Sc1ccccc1N2c1nc(-c2cccc3ccccc23)cc(-n2c3ccccc3c3ccccc32)n1. The van der Waals surface area contributed by atoms with E-state index in [0.29, 0.717) is 5.95 Å². The molecule has 9 rings (SSSR count). The largest absolute Gasteiger partial charge is 0.294 e. The summed E-state index contributed by atoms with van der Waals surface area (Å²) in [5, 5.41) is 4.76. The van der Waals surface area contributed by atoms with Gasteiger partial charge in [-0.05, 0) is 47.2 Å². The average molecular weight is 569 g/mol. The molecule has 4 nitrogen and oxygen atoms in total. The molecule has 2 aromatic heterocycles. The lowest BCUT2D eigenvalue weighted by atomic mass is 10.0. The summed E-state index contributed by atoms with van der Waals surface area (Å²) in [5.41, 5.74) is 6.35. The molecule has 1 aliphatic rings. The van der Waals surface area contributed by atoms with E-state index in [9.17, 15) is 0 Å². The van der Waals surface area contributed by atoms with Crippen LogP contribution in [0.2, 0.25) is 0 Å². The van der Waals surface area contributed by atoms with Crippen LogP contribution in [0.1, 0.15) is 0 Å². The Labute approximate surface area is 252 Å². The zero-order valence-corrected chi connectivity index (χ0v) is 23.9. The molecule has 0 atom stereocenters. The molecular weight excluding hydrogens is 545 g/mol. The molecule has 43 heavy (non-hydrogen) atoms. The molecule has 0 N–H and O–H groups in total. The minimum Gasteiger partial charge on any atom is -0.294 e. The van der Waals surface area contributed by atoms with E-state index >= 15 is 0 Å². The predicted molar refractivity (Wildman–Crippen MR) is 178 cm³/mol. The van der Waals surface area contributed by atoms with E-state index in [4.69, 9.17) is 9.97 Å². The summed E-state index contributed by atoms with van der Waals surface area (Å²) >= 11 is 1.79. The second-order valence-electron chi connectivity index (χ2n) is 10.7. The maximum atomic E-state index is 5.37. The monoisotopic (exact) mass is 568 g/mol. The van der Waals surface area contributed by atoms with Crippen molar-refractivity contribution in [2.24, 2.45) is 0 Å². The smallest absolute Gasteiger partial charge is 0.237 e. The topological polar surface area (TPSA) is 34.0 Å². The third-order valence-corrected chi connectivity index (χ3v) is 9.34. The molecule has 3 heterocycles. The fourth-order valence-electron chi connectivity index (χ4n) is 6.31. The molecule has 0 amide bonds. The predicted octanol–water partition coefficient (Wildman–Crippen LogP) is 10.3. The first-order valence-corrected chi connectivity index (χ1v) is 15.2. The van der Waals surface area contributed by atoms with Crippen LogP contribution < -0.4 is 4.90 Å². The molecule has 0 aliphatic carbocycles. The number of para-hydroxylation sites is 4. The van der Waals surface area contributed by atoms with Crippen molar-refractivity contribution in [2.75, 3.05) is 4.90 Å². The van der Waals surface area contributed by atoms with Crippen molar-refractivity contribution in [3.8, 4) is 17.1 Å². The lowest BCUT2D eigenvalue weighted by Crippen LogP contribution is -2.18. The Balaban J connectivity index is 1.39. The number of benzene rings is 6. The molecule has 0 unspecified atom stereocenters. The number of hydrogen-bond acceptors (Lipinski definition) is 4. The zero-order chi connectivity index (χ0) is 28.3. The Morgan fingerprint density at radius 3 is 1.74 bits per heavy atom. The third-order valence-electron chi connectivity index (χ3n) is 8.21. The van der Waals surface area contributed by atoms with E-state index in [1.165, 1.54) is 25.9 Å². The van der Waals surface area contributed by atoms with Gasteiger partial charge >= 0.3 is 0 Å². The van der Waals surface area contributed by atoms with Gasteiger partial charge in [-0.15, -0.1) is 0 Å². The molecule has 202 valence electrons. The summed E-state index contributed by atoms with van der Waals surface area (Å²) in [6.07, 6.45) is 0. The zero-order valence-electron chi connectivity index (χ0n) is 23.1. The van der Waals surface area contributed by atoms with E-state index in [1.807, 2.05) is 0 Å². The highest BCUT2D eigenvalue weighted by molar-refractivity contribution is 7.99. The van der Waals surface area contributed by atoms with Crippen molar-refractivity contribution in [1.29, 1.82) is 0 Å². The maximum Gasteiger partial charge on any atom is 0.237 e. The van der Waals surface area contributed by atoms with Gasteiger partial charge < -0.3 is 0 Å². The van der Waals surface area contributed by atoms with Crippen LogP contribution in [-0.4, -0.2) is 14.5 Å². The molecule has 5 heteroatoms. The molecule has 0 fully saturated rings. The van der Waals surface area contributed by atoms with Crippen LogP contribution in [0.5, 0.6) is 0 Å². The normalized spacial score (nSPS) is 12.5. The van der Waals surface area contributed by atoms with Crippen LogP contribution in [0.4, 0.5) is 17.3 Å². The van der Waals surface area contributed by atoms with Gasteiger partial charge in [0.1, 0.15) is 5.82 Å². The van der Waals surface area contributed by atoms with Crippen LogP contribution >= 0.6 is 11.8 Å². The number of rotatable bonds is 3. The fourth-order valence-corrected chi connectivity index (χ4v) is 7.37. The average Bonchev–Trinajstić information content (AvgIpc) is 3.41. The highest BCUT2D eigenvalue weighted by Gasteiger charge is 2.27. The molecule has 0 bridgehead atoms. The van der Waals surface area contributed by atoms with Crippen molar-refractivity contribution in [1.82, 2.24) is 14.5 Å². The lowest BCUT2D eigenvalue weighted by molar-refractivity contribution is 0.996. The first-order chi connectivity index (χ1) is 21.3. The molecule has 8 aromatic rings. The standard InChI is InChI=1S/C38H24N4S/c1-2-14-26-25(12-1)13-11-17-27(26)30-24-37(41-31-18-5-3-15-28(31)29-16-4-6-19-32(29)41)40-38(39-30)42-33-20-7-9-22-35(33)43-36-23-10-8-21-34(36)42/h1-24H. The quantitative estimate of drug-likeness (QED) is 0.212. The van der Waals surface area contributed by atoms with Crippen LogP contribution in [0.15, 0.2) is 155 Å². The summed E-state index contributed by atoms with van der Waals surface area (Å²) in [6.45, 7) is 0. The first-order valence-electron chi connectivity index (χ1n) is 14.4. The molecular formula is C38H24N4S. The Bertz CT molecular complexity index is 2250. The summed E-state index contributed by atoms with van der Waals surface area (Å²) in [5.74, 6) is 1.47. The molecule has 0 saturated carbocycles. The van der Waals surface area contributed by atoms with Gasteiger partial charge in [0, 0.05) is 32.2 Å². The van der Waals surface area contributed by atoms with Gasteiger partial charge in [-0.2, -0.15) is 4.98 Å². The molecule has 1 aliphatic heterocycles. The Hall–Kier alpha value is -5.39. The van der Waals surface area contributed by atoms with E-state index in [2.05, 4.69) is 155 Å². The summed E-state index contributed by atoms with van der Waals surface area (Å²) in [7, 11) is 0. The van der Waals surface area contributed by atoms with Crippen molar-refractivity contribution in [2.45, 2.75) is 9.79 Å². The summed E-state index contributed by atoms with van der Waals surface area (Å²) in [4.78, 5) is 15.3. The van der Waals surface area contributed by atoms with Crippen molar-refractivity contribution < 1.29 is 0 Å². The van der Waals surface area contributed by atoms with E-state index < -0.39 is 0 Å². The molecule has 0 spiro atoms. The number of nitrogens with zero attached hydrogens (tertiary/aromatic N) is 4. The van der Waals surface area contributed by atoms with Gasteiger partial charge in [-0.3, -0.25) is 9.47 Å². The van der Waals surface area contributed by atoms with Crippen molar-refractivity contribution >= 4 is 61.7 Å². The highest BCUT2D eigenvalue weighted by atomic mass is 32.2. The van der Waals surface area contributed by atoms with Crippen molar-refractivity contribution in [3.63, 3.8) is 0 Å². The van der Waals surface area contributed by atoms with Crippen LogP contribution in [-0.2, 0) is 0 Å². The highest BCUT2D eigenvalue weighted by Crippen LogP contribution is 2.50. The van der Waals surface area contributed by atoms with E-state index in [1.54, 1.807) is 11.8 Å². The fraction of sp³-hybridized carbons (Fsp3) is 0. The lowest BCUT2D eigenvalue weighted by Gasteiger charge is -2.31. The third kappa shape index (κ3) is 3.79. The molecule has 0 radical (unpaired) electrons. The Kier molecular flexibility index (Phi) is 5.40.